The number of aryl methyl sites for hydroxylation is 1. The van der Waals surface area contributed by atoms with Crippen molar-refractivity contribution in [1.82, 2.24) is 4.98 Å². The van der Waals surface area contributed by atoms with Gasteiger partial charge in [-0.2, -0.15) is 0 Å². The quantitative estimate of drug-likeness (QED) is 0.910. The molecular formula is C15H17N3O2S. The molecule has 1 aromatic heterocycles. The van der Waals surface area contributed by atoms with Gasteiger partial charge in [-0.05, 0) is 48.7 Å². The third-order valence-electron chi connectivity index (χ3n) is 3.49. The number of nitrogens with one attached hydrogen (secondary N) is 2. The van der Waals surface area contributed by atoms with E-state index in [4.69, 9.17) is 0 Å². The zero-order chi connectivity index (χ0) is 14.9. The van der Waals surface area contributed by atoms with E-state index in [9.17, 15) is 8.42 Å². The third kappa shape index (κ3) is 3.33. The number of sulfonamides is 1. The number of anilines is 2. The van der Waals surface area contributed by atoms with Gasteiger partial charge in [0, 0.05) is 17.6 Å². The Morgan fingerprint density at radius 2 is 1.86 bits per heavy atom. The number of nitrogens with zero attached hydrogens (tertiary/aromatic N) is 1. The molecule has 0 bridgehead atoms. The van der Waals surface area contributed by atoms with Gasteiger partial charge in [0.25, 0.3) is 0 Å². The highest BCUT2D eigenvalue weighted by Crippen LogP contribution is 2.32. The van der Waals surface area contributed by atoms with Crippen molar-refractivity contribution in [2.75, 3.05) is 16.3 Å². The molecule has 2 N–H and O–H groups in total. The highest BCUT2D eigenvalue weighted by Gasteiger charge is 2.23. The first-order valence-electron chi connectivity index (χ1n) is 6.79. The molecule has 110 valence electrons. The van der Waals surface area contributed by atoms with Crippen LogP contribution in [0.4, 0.5) is 11.4 Å². The summed E-state index contributed by atoms with van der Waals surface area (Å²) in [5.41, 5.74) is 3.92. The summed E-state index contributed by atoms with van der Waals surface area (Å²) in [6.07, 6.45) is 5.02. The Balaban J connectivity index is 1.72. The fourth-order valence-electron chi connectivity index (χ4n) is 2.60. The second-order valence-electron chi connectivity index (χ2n) is 5.23. The highest BCUT2D eigenvalue weighted by atomic mass is 32.2. The average Bonchev–Trinajstić information content (AvgIpc) is 2.83. The molecular weight excluding hydrogens is 286 g/mol. The van der Waals surface area contributed by atoms with Gasteiger partial charge in [-0.3, -0.25) is 9.71 Å². The van der Waals surface area contributed by atoms with Gasteiger partial charge >= 0.3 is 0 Å². The number of hydrogen-bond acceptors (Lipinski definition) is 4. The zero-order valence-corrected chi connectivity index (χ0v) is 12.5. The maximum absolute atomic E-state index is 11.2. The Morgan fingerprint density at radius 1 is 1.14 bits per heavy atom. The molecule has 2 aromatic rings. The topological polar surface area (TPSA) is 71.1 Å². The van der Waals surface area contributed by atoms with Crippen LogP contribution in [0.2, 0.25) is 0 Å². The van der Waals surface area contributed by atoms with Crippen molar-refractivity contribution in [2.24, 2.45) is 0 Å². The lowest BCUT2D eigenvalue weighted by atomic mass is 10.2. The lowest BCUT2D eigenvalue weighted by Gasteiger charge is -2.15. The first kappa shape index (κ1) is 13.9. The molecule has 3 rings (SSSR count). The molecule has 1 aliphatic carbocycles. The molecule has 0 saturated carbocycles. The standard InChI is InChI=1S/C15H17N3O2S/c1-21(19,20)18-13-7-5-12(6-8-13)17-14-9-4-11-3-2-10-16-15(11)14/h2-3,5-8,10,14,17-18H,4,9H2,1H3. The lowest BCUT2D eigenvalue weighted by molar-refractivity contribution is 0.607. The molecule has 1 aliphatic rings. The average molecular weight is 303 g/mol. The second-order valence-corrected chi connectivity index (χ2v) is 6.98. The number of rotatable bonds is 4. The van der Waals surface area contributed by atoms with Crippen molar-refractivity contribution in [3.63, 3.8) is 0 Å². The van der Waals surface area contributed by atoms with Gasteiger partial charge in [0.1, 0.15) is 0 Å². The predicted molar refractivity (Wildman–Crippen MR) is 83.8 cm³/mol. The van der Waals surface area contributed by atoms with Crippen molar-refractivity contribution in [1.29, 1.82) is 0 Å². The Kier molecular flexibility index (Phi) is 3.55. The van der Waals surface area contributed by atoms with E-state index in [2.05, 4.69) is 21.1 Å². The minimum atomic E-state index is -3.23. The molecule has 21 heavy (non-hydrogen) atoms. The van der Waals surface area contributed by atoms with E-state index < -0.39 is 10.0 Å². The van der Waals surface area contributed by atoms with E-state index in [1.165, 1.54) is 5.56 Å². The van der Waals surface area contributed by atoms with Gasteiger partial charge in [0.15, 0.2) is 0 Å². The van der Waals surface area contributed by atoms with Crippen LogP contribution in [0.3, 0.4) is 0 Å². The van der Waals surface area contributed by atoms with Crippen LogP contribution in [0.1, 0.15) is 23.7 Å². The van der Waals surface area contributed by atoms with E-state index >= 15 is 0 Å². The SMILES string of the molecule is CS(=O)(=O)Nc1ccc(NC2CCc3cccnc32)cc1. The molecule has 1 unspecified atom stereocenters. The number of pyridine rings is 1. The van der Waals surface area contributed by atoms with E-state index in [0.29, 0.717) is 5.69 Å². The van der Waals surface area contributed by atoms with E-state index in [1.807, 2.05) is 24.4 Å². The maximum atomic E-state index is 11.2. The van der Waals surface area contributed by atoms with E-state index in [0.717, 1.165) is 30.5 Å². The monoisotopic (exact) mass is 303 g/mol. The Hall–Kier alpha value is -2.08. The number of fused-ring (bicyclic) bond motifs is 1. The van der Waals surface area contributed by atoms with Gasteiger partial charge in [-0.25, -0.2) is 8.42 Å². The van der Waals surface area contributed by atoms with Crippen molar-refractivity contribution >= 4 is 21.4 Å². The summed E-state index contributed by atoms with van der Waals surface area (Å²) in [4.78, 5) is 4.45. The van der Waals surface area contributed by atoms with Crippen LogP contribution in [0.5, 0.6) is 0 Å². The molecule has 0 aliphatic heterocycles. The van der Waals surface area contributed by atoms with Gasteiger partial charge in [-0.15, -0.1) is 0 Å². The molecule has 6 heteroatoms. The Labute approximate surface area is 124 Å². The largest absolute Gasteiger partial charge is 0.377 e. The van der Waals surface area contributed by atoms with Gasteiger partial charge in [0.2, 0.25) is 10.0 Å². The van der Waals surface area contributed by atoms with Crippen LogP contribution >= 0.6 is 0 Å². The molecule has 0 amide bonds. The first-order chi connectivity index (χ1) is 10.0. The summed E-state index contributed by atoms with van der Waals surface area (Å²) in [7, 11) is -3.23. The lowest BCUT2D eigenvalue weighted by Crippen LogP contribution is -2.10. The first-order valence-corrected chi connectivity index (χ1v) is 8.68. The third-order valence-corrected chi connectivity index (χ3v) is 4.09. The predicted octanol–water partition coefficient (Wildman–Crippen LogP) is 2.55. The van der Waals surface area contributed by atoms with E-state index in [-0.39, 0.29) is 6.04 Å². The zero-order valence-electron chi connectivity index (χ0n) is 11.7. The Morgan fingerprint density at radius 3 is 2.57 bits per heavy atom. The van der Waals surface area contributed by atoms with Gasteiger partial charge in [0.05, 0.1) is 18.0 Å². The minimum absolute atomic E-state index is 0.218. The maximum Gasteiger partial charge on any atom is 0.229 e. The molecule has 1 heterocycles. The van der Waals surface area contributed by atoms with Crippen LogP contribution in [0, 0.1) is 0 Å². The molecule has 1 atom stereocenters. The summed E-state index contributed by atoms with van der Waals surface area (Å²) < 4.78 is 24.8. The molecule has 0 saturated heterocycles. The summed E-state index contributed by atoms with van der Waals surface area (Å²) in [5.74, 6) is 0. The fourth-order valence-corrected chi connectivity index (χ4v) is 3.17. The number of benzene rings is 1. The summed E-state index contributed by atoms with van der Waals surface area (Å²) in [6, 6.07) is 11.5. The van der Waals surface area contributed by atoms with Crippen LogP contribution < -0.4 is 10.0 Å². The van der Waals surface area contributed by atoms with Crippen molar-refractivity contribution in [2.45, 2.75) is 18.9 Å². The second kappa shape index (κ2) is 5.37. The normalized spacial score (nSPS) is 17.3. The molecule has 0 fully saturated rings. The van der Waals surface area contributed by atoms with Gasteiger partial charge < -0.3 is 5.32 Å². The smallest absolute Gasteiger partial charge is 0.229 e. The Bertz CT molecular complexity index is 742. The van der Waals surface area contributed by atoms with Crippen LogP contribution in [0.15, 0.2) is 42.6 Å². The summed E-state index contributed by atoms with van der Waals surface area (Å²) >= 11 is 0. The fraction of sp³-hybridized carbons (Fsp3) is 0.267. The van der Waals surface area contributed by atoms with Crippen molar-refractivity contribution < 1.29 is 8.42 Å². The van der Waals surface area contributed by atoms with Crippen LogP contribution in [-0.4, -0.2) is 19.7 Å². The van der Waals surface area contributed by atoms with Crippen molar-refractivity contribution in [3.8, 4) is 0 Å². The minimum Gasteiger partial charge on any atom is -0.377 e. The van der Waals surface area contributed by atoms with Crippen LogP contribution in [-0.2, 0) is 16.4 Å². The number of aromatic nitrogens is 1. The molecule has 0 radical (unpaired) electrons. The molecule has 5 nitrogen and oxygen atoms in total. The summed E-state index contributed by atoms with van der Waals surface area (Å²) in [6.45, 7) is 0. The van der Waals surface area contributed by atoms with Gasteiger partial charge in [-0.1, -0.05) is 6.07 Å². The van der Waals surface area contributed by atoms with E-state index in [1.54, 1.807) is 12.1 Å². The van der Waals surface area contributed by atoms with Crippen molar-refractivity contribution in [3.05, 3.63) is 53.9 Å². The van der Waals surface area contributed by atoms with Crippen LogP contribution in [0.25, 0.3) is 0 Å². The number of hydrogen-bond donors (Lipinski definition) is 2. The molecule has 1 aromatic carbocycles. The summed E-state index contributed by atoms with van der Waals surface area (Å²) in [5, 5.41) is 3.45. The highest BCUT2D eigenvalue weighted by molar-refractivity contribution is 7.92. The molecule has 0 spiro atoms.